The van der Waals surface area contributed by atoms with Gasteiger partial charge in [-0.3, -0.25) is 0 Å². The molecule has 2 heterocycles. The van der Waals surface area contributed by atoms with Gasteiger partial charge in [-0.25, -0.2) is 15.0 Å². The van der Waals surface area contributed by atoms with Gasteiger partial charge in [0, 0.05) is 20.2 Å². The highest BCUT2D eigenvalue weighted by atomic mass is 16.5. The van der Waals surface area contributed by atoms with E-state index in [2.05, 4.69) is 27.2 Å². The summed E-state index contributed by atoms with van der Waals surface area (Å²) < 4.78 is 7.61. The maximum Gasteiger partial charge on any atom is 0.165 e. The molecular formula is C13H19N5O. The molecule has 3 rings (SSSR count). The lowest BCUT2D eigenvalue weighted by molar-refractivity contribution is -0.0601. The average Bonchev–Trinajstić information content (AvgIpc) is 2.81. The van der Waals surface area contributed by atoms with Crippen LogP contribution in [0, 0.1) is 0 Å². The van der Waals surface area contributed by atoms with E-state index in [0.717, 1.165) is 42.9 Å². The number of anilines is 1. The molecule has 1 aliphatic rings. The van der Waals surface area contributed by atoms with Gasteiger partial charge in [0.05, 0.1) is 11.9 Å². The number of rotatable bonds is 5. The van der Waals surface area contributed by atoms with Crippen LogP contribution in [0.3, 0.4) is 0 Å². The first-order valence-corrected chi connectivity index (χ1v) is 6.73. The minimum atomic E-state index is -0.0232. The SMILES string of the molecule is CCn1cnc2c(NCC3(OC)CCC3)ncnc21. The summed E-state index contributed by atoms with van der Waals surface area (Å²) in [6, 6.07) is 0. The highest BCUT2D eigenvalue weighted by molar-refractivity contribution is 5.82. The molecule has 0 unspecified atom stereocenters. The van der Waals surface area contributed by atoms with Crippen molar-refractivity contribution in [3.05, 3.63) is 12.7 Å². The standard InChI is InChI=1S/C13H19N5O/c1-3-18-9-17-10-11(15-8-16-12(10)18)14-7-13(19-2)5-4-6-13/h8-9H,3-7H2,1-2H3,(H,14,15,16). The van der Waals surface area contributed by atoms with Crippen molar-refractivity contribution in [3.8, 4) is 0 Å². The van der Waals surface area contributed by atoms with Crippen molar-refractivity contribution in [1.82, 2.24) is 19.5 Å². The lowest BCUT2D eigenvalue weighted by atomic mass is 9.80. The Morgan fingerprint density at radius 3 is 2.84 bits per heavy atom. The summed E-state index contributed by atoms with van der Waals surface area (Å²) in [6.07, 6.45) is 6.83. The van der Waals surface area contributed by atoms with E-state index in [1.807, 2.05) is 4.57 Å². The van der Waals surface area contributed by atoms with E-state index in [9.17, 15) is 0 Å². The Morgan fingerprint density at radius 1 is 1.37 bits per heavy atom. The van der Waals surface area contributed by atoms with Gasteiger partial charge in [0.2, 0.25) is 0 Å². The Balaban J connectivity index is 1.83. The number of nitrogens with one attached hydrogen (secondary N) is 1. The minimum Gasteiger partial charge on any atom is -0.376 e. The molecule has 6 heteroatoms. The zero-order valence-corrected chi connectivity index (χ0v) is 11.4. The second-order valence-electron chi connectivity index (χ2n) is 5.02. The molecule has 1 aliphatic carbocycles. The quantitative estimate of drug-likeness (QED) is 0.889. The molecule has 19 heavy (non-hydrogen) atoms. The molecule has 102 valence electrons. The van der Waals surface area contributed by atoms with Crippen LogP contribution in [-0.2, 0) is 11.3 Å². The van der Waals surface area contributed by atoms with E-state index >= 15 is 0 Å². The van der Waals surface area contributed by atoms with Crippen molar-refractivity contribution < 1.29 is 4.74 Å². The monoisotopic (exact) mass is 261 g/mol. The summed E-state index contributed by atoms with van der Waals surface area (Å²) in [5.41, 5.74) is 1.68. The van der Waals surface area contributed by atoms with Gasteiger partial charge >= 0.3 is 0 Å². The molecule has 2 aromatic heterocycles. The third-order valence-corrected chi connectivity index (χ3v) is 4.02. The van der Waals surface area contributed by atoms with Crippen LogP contribution in [-0.4, -0.2) is 38.8 Å². The fourth-order valence-corrected chi connectivity index (χ4v) is 2.51. The highest BCUT2D eigenvalue weighted by Gasteiger charge is 2.36. The Morgan fingerprint density at radius 2 is 2.21 bits per heavy atom. The second-order valence-corrected chi connectivity index (χ2v) is 5.02. The summed E-state index contributed by atoms with van der Waals surface area (Å²) in [4.78, 5) is 13.0. The van der Waals surface area contributed by atoms with Crippen LogP contribution < -0.4 is 5.32 Å². The molecule has 0 saturated heterocycles. The van der Waals surface area contributed by atoms with Crippen LogP contribution in [0.1, 0.15) is 26.2 Å². The average molecular weight is 261 g/mol. The number of aromatic nitrogens is 4. The first-order valence-electron chi connectivity index (χ1n) is 6.73. The van der Waals surface area contributed by atoms with Gasteiger partial charge < -0.3 is 14.6 Å². The maximum atomic E-state index is 5.60. The number of nitrogens with zero attached hydrogens (tertiary/aromatic N) is 4. The van der Waals surface area contributed by atoms with E-state index in [4.69, 9.17) is 4.74 Å². The number of imidazole rings is 1. The summed E-state index contributed by atoms with van der Waals surface area (Å²) >= 11 is 0. The lowest BCUT2D eigenvalue weighted by Crippen LogP contribution is -2.45. The van der Waals surface area contributed by atoms with Crippen LogP contribution in [0.25, 0.3) is 11.2 Å². The third-order valence-electron chi connectivity index (χ3n) is 4.02. The third kappa shape index (κ3) is 2.06. The number of ether oxygens (including phenoxy) is 1. The van der Waals surface area contributed by atoms with E-state index in [1.165, 1.54) is 6.42 Å². The molecule has 0 spiro atoms. The molecule has 0 radical (unpaired) electrons. The Labute approximate surface area is 112 Å². The molecule has 1 saturated carbocycles. The first kappa shape index (κ1) is 12.3. The van der Waals surface area contributed by atoms with Crippen molar-refractivity contribution in [3.63, 3.8) is 0 Å². The van der Waals surface area contributed by atoms with Crippen molar-refractivity contribution in [1.29, 1.82) is 0 Å². The van der Waals surface area contributed by atoms with Crippen LogP contribution in [0.5, 0.6) is 0 Å². The van der Waals surface area contributed by atoms with Gasteiger partial charge in [-0.1, -0.05) is 0 Å². The van der Waals surface area contributed by atoms with Gasteiger partial charge in [0.15, 0.2) is 11.5 Å². The topological polar surface area (TPSA) is 64.9 Å². The second kappa shape index (κ2) is 4.77. The molecule has 1 N–H and O–H groups in total. The lowest BCUT2D eigenvalue weighted by Gasteiger charge is -2.40. The van der Waals surface area contributed by atoms with Crippen LogP contribution >= 0.6 is 0 Å². The molecule has 0 aromatic carbocycles. The smallest absolute Gasteiger partial charge is 0.165 e. The summed E-state index contributed by atoms with van der Waals surface area (Å²) in [5.74, 6) is 0.792. The first-order chi connectivity index (χ1) is 9.28. The van der Waals surface area contributed by atoms with Crippen molar-refractivity contribution >= 4 is 17.0 Å². The van der Waals surface area contributed by atoms with Crippen molar-refractivity contribution in [2.45, 2.75) is 38.3 Å². The van der Waals surface area contributed by atoms with Crippen LogP contribution in [0.4, 0.5) is 5.82 Å². The highest BCUT2D eigenvalue weighted by Crippen LogP contribution is 2.35. The number of aryl methyl sites for hydroxylation is 1. The fraction of sp³-hybridized carbons (Fsp3) is 0.615. The zero-order chi connectivity index (χ0) is 13.3. The molecule has 0 bridgehead atoms. The fourth-order valence-electron chi connectivity index (χ4n) is 2.51. The van der Waals surface area contributed by atoms with E-state index < -0.39 is 0 Å². The van der Waals surface area contributed by atoms with Gasteiger partial charge in [0.1, 0.15) is 11.8 Å². The predicted molar refractivity (Wildman–Crippen MR) is 73.1 cm³/mol. The van der Waals surface area contributed by atoms with Gasteiger partial charge in [-0.15, -0.1) is 0 Å². The number of fused-ring (bicyclic) bond motifs is 1. The van der Waals surface area contributed by atoms with Crippen molar-refractivity contribution in [2.24, 2.45) is 0 Å². The zero-order valence-electron chi connectivity index (χ0n) is 11.4. The molecule has 0 atom stereocenters. The number of hydrogen-bond acceptors (Lipinski definition) is 5. The Kier molecular flexibility index (Phi) is 3.10. The predicted octanol–water partition coefficient (Wildman–Crippen LogP) is 1.83. The van der Waals surface area contributed by atoms with Crippen LogP contribution in [0.2, 0.25) is 0 Å². The Bertz CT molecular complexity index is 570. The molecular weight excluding hydrogens is 242 g/mol. The van der Waals surface area contributed by atoms with Gasteiger partial charge in [0.25, 0.3) is 0 Å². The van der Waals surface area contributed by atoms with E-state index in [0.29, 0.717) is 0 Å². The van der Waals surface area contributed by atoms with E-state index in [1.54, 1.807) is 19.8 Å². The molecule has 1 fully saturated rings. The summed E-state index contributed by atoms with van der Waals surface area (Å²) in [6.45, 7) is 3.70. The van der Waals surface area contributed by atoms with Gasteiger partial charge in [-0.2, -0.15) is 0 Å². The summed E-state index contributed by atoms with van der Waals surface area (Å²) in [7, 11) is 1.78. The molecule has 0 aliphatic heterocycles. The Hall–Kier alpha value is -1.69. The largest absolute Gasteiger partial charge is 0.376 e. The molecule has 2 aromatic rings. The van der Waals surface area contributed by atoms with Gasteiger partial charge in [-0.05, 0) is 26.2 Å². The molecule has 6 nitrogen and oxygen atoms in total. The van der Waals surface area contributed by atoms with Crippen LogP contribution in [0.15, 0.2) is 12.7 Å². The van der Waals surface area contributed by atoms with Crippen molar-refractivity contribution in [2.75, 3.05) is 19.0 Å². The number of methoxy groups -OCH3 is 1. The molecule has 0 amide bonds. The van der Waals surface area contributed by atoms with E-state index in [-0.39, 0.29) is 5.60 Å². The minimum absolute atomic E-state index is 0.0232. The summed E-state index contributed by atoms with van der Waals surface area (Å²) in [5, 5.41) is 3.37. The number of hydrogen-bond donors (Lipinski definition) is 1. The maximum absolute atomic E-state index is 5.60. The normalized spacial score (nSPS) is 17.4.